The van der Waals surface area contributed by atoms with Crippen LogP contribution >= 0.6 is 0 Å². The summed E-state index contributed by atoms with van der Waals surface area (Å²) >= 11 is 0. The van der Waals surface area contributed by atoms with E-state index in [1.807, 2.05) is 0 Å². The fourth-order valence-corrected chi connectivity index (χ4v) is 9.03. The first-order valence-corrected chi connectivity index (χ1v) is 23.0. The van der Waals surface area contributed by atoms with Crippen molar-refractivity contribution in [3.63, 3.8) is 0 Å². The van der Waals surface area contributed by atoms with E-state index in [9.17, 15) is 48.6 Å². The number of phenols is 2. The standard InChI is InChI=1S/C30H26O10.C28H22O10/c1-35-25-21(29(33)39-5)13-17-11-15(27(31)37-3)7-9-19(17)23(25)24-20-10-8-16(28(32)38-4)12-18(20)14-22(26(24)36-2)30(34)40-6;1-35-25(31)13-5-7-17-15(9-13)11-19(27(33)37-3)23(29)21(17)22-18-8-6-14(26(32)36-2)10-16(18)12-20(24(22)30)28(34)38-4/h7-14H,1-6H3;5-12,29-30H,1-4H3. The van der Waals surface area contributed by atoms with Gasteiger partial charge in [0.2, 0.25) is 0 Å². The van der Waals surface area contributed by atoms with E-state index < -0.39 is 59.3 Å². The summed E-state index contributed by atoms with van der Waals surface area (Å²) in [5.41, 5.74) is 1.23. The SMILES string of the molecule is COC(=O)c1ccc2c(-c3c(O)c(C(=O)OC)cc4cc(C(=O)OC)ccc34)c(O)c(C(=O)OC)cc2c1.COC(=O)c1ccc2c(-c3c(OC)c(C(=O)OC)cc4cc(C(=O)OC)ccc34)c(OC)c(C(=O)OC)cc2c1. The van der Waals surface area contributed by atoms with Crippen molar-refractivity contribution < 1.29 is 95.9 Å². The average Bonchev–Trinajstić information content (AvgIpc) is 3.53. The quantitative estimate of drug-likeness (QED) is 0.0853. The summed E-state index contributed by atoms with van der Waals surface area (Å²) < 4.78 is 50.6. The van der Waals surface area contributed by atoms with Gasteiger partial charge in [-0.3, -0.25) is 0 Å². The Morgan fingerprint density at radius 3 is 0.731 bits per heavy atom. The van der Waals surface area contributed by atoms with Gasteiger partial charge in [-0.2, -0.15) is 0 Å². The lowest BCUT2D eigenvalue weighted by atomic mass is 9.87. The van der Waals surface area contributed by atoms with E-state index in [0.29, 0.717) is 54.2 Å². The first kappa shape index (κ1) is 55.5. The molecule has 78 heavy (non-hydrogen) atoms. The van der Waals surface area contributed by atoms with Crippen LogP contribution in [0.5, 0.6) is 23.0 Å². The summed E-state index contributed by atoms with van der Waals surface area (Å²) in [4.78, 5) is 100.0. The summed E-state index contributed by atoms with van der Waals surface area (Å²) in [6.45, 7) is 0. The molecule has 8 aromatic carbocycles. The van der Waals surface area contributed by atoms with Crippen molar-refractivity contribution in [2.75, 3.05) is 71.1 Å². The van der Waals surface area contributed by atoms with Crippen LogP contribution in [0, 0.1) is 0 Å². The predicted octanol–water partition coefficient (Wildman–Crippen LogP) is 9.04. The maximum absolute atomic E-state index is 12.9. The molecule has 0 unspecified atom stereocenters. The monoisotopic (exact) mass is 1060 g/mol. The molecular weight excluding hydrogens is 1020 g/mol. The summed E-state index contributed by atoms with van der Waals surface area (Å²) in [7, 11) is 12.5. The molecule has 0 aromatic heterocycles. The van der Waals surface area contributed by atoms with Crippen LogP contribution in [0.2, 0.25) is 0 Å². The summed E-state index contributed by atoms with van der Waals surface area (Å²) in [5, 5.41) is 26.1. The maximum atomic E-state index is 12.9. The molecule has 400 valence electrons. The third kappa shape index (κ3) is 10.0. The zero-order valence-electron chi connectivity index (χ0n) is 43.5. The number of carbonyl (C=O) groups is 8. The average molecular weight is 1070 g/mol. The van der Waals surface area contributed by atoms with Crippen molar-refractivity contribution in [3.8, 4) is 45.3 Å². The minimum Gasteiger partial charge on any atom is -0.506 e. The minimum atomic E-state index is -0.880. The zero-order chi connectivity index (χ0) is 56.9. The van der Waals surface area contributed by atoms with E-state index in [2.05, 4.69) is 0 Å². The van der Waals surface area contributed by atoms with Crippen molar-refractivity contribution in [1.82, 2.24) is 0 Å². The van der Waals surface area contributed by atoms with Gasteiger partial charge in [-0.05, 0) is 116 Å². The van der Waals surface area contributed by atoms with Crippen LogP contribution < -0.4 is 9.47 Å². The highest BCUT2D eigenvalue weighted by Crippen LogP contribution is 2.50. The van der Waals surface area contributed by atoms with E-state index in [0.717, 1.165) is 14.2 Å². The number of ether oxygens (including phenoxy) is 10. The molecule has 0 heterocycles. The Morgan fingerprint density at radius 2 is 0.500 bits per heavy atom. The summed E-state index contributed by atoms with van der Waals surface area (Å²) in [5.74, 6) is -6.31. The van der Waals surface area contributed by atoms with Crippen molar-refractivity contribution in [1.29, 1.82) is 0 Å². The van der Waals surface area contributed by atoms with Crippen LogP contribution in [0.15, 0.2) is 97.1 Å². The molecule has 2 N–H and O–H groups in total. The molecule has 0 amide bonds. The smallest absolute Gasteiger partial charge is 0.341 e. The summed E-state index contributed by atoms with van der Waals surface area (Å²) in [6, 6.07) is 24.3. The lowest BCUT2D eigenvalue weighted by Gasteiger charge is -2.21. The molecule has 0 bridgehead atoms. The molecule has 0 radical (unpaired) electrons. The first-order valence-electron chi connectivity index (χ1n) is 23.0. The van der Waals surface area contributed by atoms with Gasteiger partial charge in [0.25, 0.3) is 0 Å². The van der Waals surface area contributed by atoms with Crippen molar-refractivity contribution in [3.05, 3.63) is 142 Å². The molecule has 0 saturated carbocycles. The fraction of sp³-hybridized carbons (Fsp3) is 0.172. The zero-order valence-corrected chi connectivity index (χ0v) is 43.5. The van der Waals surface area contributed by atoms with Gasteiger partial charge in [0.15, 0.2) is 0 Å². The number of rotatable bonds is 12. The van der Waals surface area contributed by atoms with Crippen LogP contribution in [0.3, 0.4) is 0 Å². The molecule has 0 aliphatic carbocycles. The van der Waals surface area contributed by atoms with E-state index in [4.69, 9.17) is 47.4 Å². The Bertz CT molecular complexity index is 3590. The highest BCUT2D eigenvalue weighted by Gasteiger charge is 2.31. The second-order valence-corrected chi connectivity index (χ2v) is 16.6. The third-order valence-electron chi connectivity index (χ3n) is 12.6. The number of fused-ring (bicyclic) bond motifs is 4. The van der Waals surface area contributed by atoms with Crippen LogP contribution in [0.1, 0.15) is 82.9 Å². The Morgan fingerprint density at radius 1 is 0.282 bits per heavy atom. The molecule has 20 nitrogen and oxygen atoms in total. The number of phenolic OH excluding ortho intramolecular Hbond substituents is 2. The lowest BCUT2D eigenvalue weighted by Crippen LogP contribution is -2.09. The fourth-order valence-electron chi connectivity index (χ4n) is 9.03. The van der Waals surface area contributed by atoms with Gasteiger partial charge in [-0.15, -0.1) is 0 Å². The predicted molar refractivity (Wildman–Crippen MR) is 281 cm³/mol. The van der Waals surface area contributed by atoms with Crippen LogP contribution in [-0.2, 0) is 37.9 Å². The number of hydrogen-bond acceptors (Lipinski definition) is 20. The molecule has 0 fully saturated rings. The van der Waals surface area contributed by atoms with Gasteiger partial charge in [0, 0.05) is 22.3 Å². The Labute approximate surface area is 443 Å². The van der Waals surface area contributed by atoms with Gasteiger partial charge < -0.3 is 57.6 Å². The second kappa shape index (κ2) is 23.1. The largest absolute Gasteiger partial charge is 0.506 e. The van der Waals surface area contributed by atoms with E-state index in [-0.39, 0.29) is 67.1 Å². The topological polar surface area (TPSA) is 269 Å². The van der Waals surface area contributed by atoms with Gasteiger partial charge in [0.1, 0.15) is 45.3 Å². The molecular formula is C58H48O20. The van der Waals surface area contributed by atoms with Gasteiger partial charge in [-0.1, -0.05) is 24.3 Å². The maximum Gasteiger partial charge on any atom is 0.341 e. The second-order valence-electron chi connectivity index (χ2n) is 16.6. The summed E-state index contributed by atoms with van der Waals surface area (Å²) in [6.07, 6.45) is 0. The van der Waals surface area contributed by atoms with Crippen molar-refractivity contribution in [2.45, 2.75) is 0 Å². The lowest BCUT2D eigenvalue weighted by molar-refractivity contribution is 0.0588. The molecule has 0 aliphatic heterocycles. The van der Waals surface area contributed by atoms with Gasteiger partial charge >= 0.3 is 47.8 Å². The van der Waals surface area contributed by atoms with E-state index >= 15 is 0 Å². The molecule has 8 rings (SSSR count). The van der Waals surface area contributed by atoms with Gasteiger partial charge in [-0.25, -0.2) is 38.4 Å². The number of methoxy groups -OCH3 is 10. The number of hydrogen-bond donors (Lipinski definition) is 2. The van der Waals surface area contributed by atoms with Gasteiger partial charge in [0.05, 0.1) is 93.4 Å². The molecule has 20 heteroatoms. The van der Waals surface area contributed by atoms with Crippen LogP contribution in [-0.4, -0.2) is 129 Å². The normalized spacial score (nSPS) is 10.7. The minimum absolute atomic E-state index is 0.0154. The number of aromatic hydroxyl groups is 2. The Balaban J connectivity index is 0.000000226. The Hall–Kier alpha value is -10.2. The highest BCUT2D eigenvalue weighted by molar-refractivity contribution is 6.19. The Kier molecular flexibility index (Phi) is 16.4. The molecule has 0 saturated heterocycles. The number of carbonyl (C=O) groups excluding carboxylic acids is 8. The van der Waals surface area contributed by atoms with Crippen LogP contribution in [0.4, 0.5) is 0 Å². The van der Waals surface area contributed by atoms with E-state index in [1.165, 1.54) is 105 Å². The molecule has 8 aromatic rings. The van der Waals surface area contributed by atoms with Crippen molar-refractivity contribution >= 4 is 90.8 Å². The number of esters is 8. The van der Waals surface area contributed by atoms with Crippen molar-refractivity contribution in [2.24, 2.45) is 0 Å². The highest BCUT2D eigenvalue weighted by atomic mass is 16.6. The number of benzene rings is 8. The molecule has 0 aliphatic rings. The first-order chi connectivity index (χ1) is 37.4. The molecule has 0 atom stereocenters. The van der Waals surface area contributed by atoms with Crippen LogP contribution in [0.25, 0.3) is 65.3 Å². The van der Waals surface area contributed by atoms with E-state index in [1.54, 1.807) is 48.5 Å². The third-order valence-corrected chi connectivity index (χ3v) is 12.6. The molecule has 0 spiro atoms.